The normalized spacial score (nSPS) is 18.4. The fraction of sp³-hybridized carbons (Fsp3) is 0.286. The monoisotopic (exact) mass is 265 g/mol. The van der Waals surface area contributed by atoms with Gasteiger partial charge < -0.3 is 9.73 Å². The van der Waals surface area contributed by atoms with Crippen LogP contribution in [0.2, 0.25) is 5.02 Å². The van der Waals surface area contributed by atoms with Gasteiger partial charge in [0.15, 0.2) is 0 Å². The first kappa shape index (κ1) is 11.6. The van der Waals surface area contributed by atoms with Gasteiger partial charge in [-0.2, -0.15) is 0 Å². The van der Waals surface area contributed by atoms with Gasteiger partial charge in [0.1, 0.15) is 11.6 Å². The van der Waals surface area contributed by atoms with Gasteiger partial charge in [-0.25, -0.2) is 4.39 Å². The second kappa shape index (κ2) is 4.65. The van der Waals surface area contributed by atoms with Crippen LogP contribution in [0.4, 0.5) is 10.1 Å². The summed E-state index contributed by atoms with van der Waals surface area (Å²) < 4.78 is 18.8. The van der Waals surface area contributed by atoms with Crippen LogP contribution in [-0.4, -0.2) is 0 Å². The van der Waals surface area contributed by atoms with Gasteiger partial charge in [-0.3, -0.25) is 0 Å². The fourth-order valence-electron chi connectivity index (χ4n) is 2.42. The third-order valence-electron chi connectivity index (χ3n) is 3.31. The maximum Gasteiger partial charge on any atom is 0.143 e. The van der Waals surface area contributed by atoms with Gasteiger partial charge in [-0.1, -0.05) is 11.6 Å². The molecule has 1 aromatic heterocycles. The van der Waals surface area contributed by atoms with E-state index >= 15 is 0 Å². The van der Waals surface area contributed by atoms with E-state index in [1.807, 2.05) is 6.07 Å². The lowest BCUT2D eigenvalue weighted by molar-refractivity contribution is 0.461. The SMILES string of the molecule is Fc1cc(NC2CCCc3occc32)ccc1Cl. The first-order valence-corrected chi connectivity index (χ1v) is 6.39. The standard InChI is InChI=1S/C14H13ClFNO/c15-11-5-4-9(8-12(11)16)17-13-2-1-3-14-10(13)6-7-18-14/h4-8,13,17H,1-3H2. The molecule has 1 N–H and O–H groups in total. The Labute approximate surface area is 110 Å². The van der Waals surface area contributed by atoms with Crippen molar-refractivity contribution in [3.63, 3.8) is 0 Å². The van der Waals surface area contributed by atoms with Crippen LogP contribution in [0, 0.1) is 5.82 Å². The molecule has 0 aliphatic heterocycles. The number of fused-ring (bicyclic) bond motifs is 1. The van der Waals surface area contributed by atoms with E-state index < -0.39 is 5.82 Å². The molecule has 0 fully saturated rings. The number of aryl methyl sites for hydroxylation is 1. The molecule has 0 saturated carbocycles. The number of anilines is 1. The largest absolute Gasteiger partial charge is 0.469 e. The molecular formula is C14H13ClFNO. The molecule has 94 valence electrons. The summed E-state index contributed by atoms with van der Waals surface area (Å²) in [5.74, 6) is 0.637. The van der Waals surface area contributed by atoms with E-state index in [1.165, 1.54) is 11.6 Å². The Morgan fingerprint density at radius 1 is 1.33 bits per heavy atom. The molecule has 18 heavy (non-hydrogen) atoms. The van der Waals surface area contributed by atoms with E-state index in [9.17, 15) is 4.39 Å². The summed E-state index contributed by atoms with van der Waals surface area (Å²) in [5, 5.41) is 3.48. The summed E-state index contributed by atoms with van der Waals surface area (Å²) in [4.78, 5) is 0. The zero-order chi connectivity index (χ0) is 12.5. The van der Waals surface area contributed by atoms with Crippen molar-refractivity contribution in [2.24, 2.45) is 0 Å². The number of hydrogen-bond acceptors (Lipinski definition) is 2. The second-order valence-electron chi connectivity index (χ2n) is 4.52. The number of halogens is 2. The van der Waals surface area contributed by atoms with Crippen molar-refractivity contribution in [2.45, 2.75) is 25.3 Å². The zero-order valence-corrected chi connectivity index (χ0v) is 10.5. The maximum absolute atomic E-state index is 13.4. The lowest BCUT2D eigenvalue weighted by Crippen LogP contribution is -2.15. The maximum atomic E-state index is 13.4. The van der Waals surface area contributed by atoms with Crippen LogP contribution in [0.5, 0.6) is 0 Å². The second-order valence-corrected chi connectivity index (χ2v) is 4.92. The fourth-order valence-corrected chi connectivity index (χ4v) is 2.54. The highest BCUT2D eigenvalue weighted by atomic mass is 35.5. The molecule has 1 aromatic carbocycles. The minimum Gasteiger partial charge on any atom is -0.469 e. The van der Waals surface area contributed by atoms with E-state index in [0.717, 1.165) is 30.7 Å². The van der Waals surface area contributed by atoms with Crippen molar-refractivity contribution < 1.29 is 8.81 Å². The molecule has 2 nitrogen and oxygen atoms in total. The Kier molecular flexibility index (Phi) is 3.00. The van der Waals surface area contributed by atoms with Crippen LogP contribution in [0.3, 0.4) is 0 Å². The van der Waals surface area contributed by atoms with Crippen LogP contribution in [0.15, 0.2) is 34.9 Å². The lowest BCUT2D eigenvalue weighted by Gasteiger charge is -2.23. The van der Waals surface area contributed by atoms with Gasteiger partial charge >= 0.3 is 0 Å². The van der Waals surface area contributed by atoms with E-state index in [1.54, 1.807) is 18.4 Å². The van der Waals surface area contributed by atoms with Gasteiger partial charge in [0, 0.05) is 17.7 Å². The molecule has 1 atom stereocenters. The molecular weight excluding hydrogens is 253 g/mol. The molecule has 4 heteroatoms. The molecule has 3 rings (SSSR count). The average molecular weight is 266 g/mol. The molecule has 0 spiro atoms. The first-order chi connectivity index (χ1) is 8.74. The minimum atomic E-state index is -0.398. The van der Waals surface area contributed by atoms with Gasteiger partial charge in [-0.05, 0) is 37.1 Å². The van der Waals surface area contributed by atoms with Gasteiger partial charge in [0.2, 0.25) is 0 Å². The van der Waals surface area contributed by atoms with Gasteiger partial charge in [0.25, 0.3) is 0 Å². The van der Waals surface area contributed by atoms with E-state index in [0.29, 0.717) is 0 Å². The zero-order valence-electron chi connectivity index (χ0n) is 9.75. The minimum absolute atomic E-state index is 0.146. The van der Waals surface area contributed by atoms with Crippen molar-refractivity contribution in [2.75, 3.05) is 5.32 Å². The van der Waals surface area contributed by atoms with Crippen molar-refractivity contribution in [1.82, 2.24) is 0 Å². The molecule has 1 aliphatic rings. The number of rotatable bonds is 2. The van der Waals surface area contributed by atoms with Gasteiger partial charge in [-0.15, -0.1) is 0 Å². The van der Waals surface area contributed by atoms with Crippen LogP contribution in [0.25, 0.3) is 0 Å². The highest BCUT2D eigenvalue weighted by Gasteiger charge is 2.22. The van der Waals surface area contributed by atoms with Crippen LogP contribution >= 0.6 is 11.6 Å². The predicted octanol–water partition coefficient (Wildman–Crippen LogP) is 4.56. The lowest BCUT2D eigenvalue weighted by atomic mass is 9.93. The van der Waals surface area contributed by atoms with Crippen molar-refractivity contribution in [3.8, 4) is 0 Å². The number of benzene rings is 1. The summed E-state index contributed by atoms with van der Waals surface area (Å²) in [5.41, 5.74) is 1.92. The van der Waals surface area contributed by atoms with Crippen LogP contribution in [0.1, 0.15) is 30.2 Å². The number of furan rings is 1. The van der Waals surface area contributed by atoms with Gasteiger partial charge in [0.05, 0.1) is 17.3 Å². The Morgan fingerprint density at radius 2 is 2.22 bits per heavy atom. The summed E-state index contributed by atoms with van der Waals surface area (Å²) >= 11 is 5.67. The molecule has 0 amide bonds. The quantitative estimate of drug-likeness (QED) is 0.861. The summed E-state index contributed by atoms with van der Waals surface area (Å²) in [7, 11) is 0. The number of nitrogens with one attached hydrogen (secondary N) is 1. The van der Waals surface area contributed by atoms with Crippen molar-refractivity contribution >= 4 is 17.3 Å². The first-order valence-electron chi connectivity index (χ1n) is 6.02. The molecule has 1 unspecified atom stereocenters. The Bertz CT molecular complexity index is 567. The molecule has 0 radical (unpaired) electrons. The van der Waals surface area contributed by atoms with Crippen LogP contribution < -0.4 is 5.32 Å². The van der Waals surface area contributed by atoms with Crippen LogP contribution in [-0.2, 0) is 6.42 Å². The predicted molar refractivity (Wildman–Crippen MR) is 69.4 cm³/mol. The Morgan fingerprint density at radius 3 is 3.06 bits per heavy atom. The van der Waals surface area contributed by atoms with Crippen molar-refractivity contribution in [1.29, 1.82) is 0 Å². The molecule has 0 bridgehead atoms. The topological polar surface area (TPSA) is 25.2 Å². The van der Waals surface area contributed by atoms with E-state index in [-0.39, 0.29) is 11.1 Å². The highest BCUT2D eigenvalue weighted by Crippen LogP contribution is 2.33. The van der Waals surface area contributed by atoms with Crippen molar-refractivity contribution in [3.05, 3.63) is 52.7 Å². The van der Waals surface area contributed by atoms with E-state index in [4.69, 9.17) is 16.0 Å². The van der Waals surface area contributed by atoms with E-state index in [2.05, 4.69) is 5.32 Å². The molecule has 2 aromatic rings. The average Bonchev–Trinajstić information content (AvgIpc) is 2.83. The third kappa shape index (κ3) is 2.10. The Balaban J connectivity index is 1.84. The third-order valence-corrected chi connectivity index (χ3v) is 3.62. The Hall–Kier alpha value is -1.48. The highest BCUT2D eigenvalue weighted by molar-refractivity contribution is 6.30. The summed E-state index contributed by atoms with van der Waals surface area (Å²) in [6, 6.07) is 6.96. The molecule has 1 aliphatic carbocycles. The summed E-state index contributed by atoms with van der Waals surface area (Å²) in [6.45, 7) is 0. The molecule has 1 heterocycles. The number of hydrogen-bond donors (Lipinski definition) is 1. The molecule has 0 saturated heterocycles. The smallest absolute Gasteiger partial charge is 0.143 e. The summed E-state index contributed by atoms with van der Waals surface area (Å²) in [6.07, 6.45) is 4.80.